The van der Waals surface area contributed by atoms with Gasteiger partial charge >= 0.3 is 0 Å². The Hall–Kier alpha value is -0.230. The summed E-state index contributed by atoms with van der Waals surface area (Å²) in [4.78, 5) is 3.50. The van der Waals surface area contributed by atoms with Crippen molar-refractivity contribution in [3.8, 4) is 0 Å². The lowest BCUT2D eigenvalue weighted by Crippen LogP contribution is -2.38. The summed E-state index contributed by atoms with van der Waals surface area (Å²) < 4.78 is 27.6. The molecule has 0 aliphatic rings. The van der Waals surface area contributed by atoms with Gasteiger partial charge in [0.2, 0.25) is 0 Å². The maximum atomic E-state index is 11.5. The summed E-state index contributed by atoms with van der Waals surface area (Å²) in [6.45, 7) is 4.90. The summed E-state index contributed by atoms with van der Waals surface area (Å²) in [6.07, 6.45) is 1.80. The van der Waals surface area contributed by atoms with Crippen LogP contribution in [-0.4, -0.2) is 32.9 Å². The number of ether oxygens (including phenoxy) is 3. The van der Waals surface area contributed by atoms with Gasteiger partial charge in [-0.15, -0.1) is 0 Å². The number of rotatable bonds is 10. The van der Waals surface area contributed by atoms with Gasteiger partial charge < -0.3 is 14.2 Å². The topological polar surface area (TPSA) is 36.9 Å². The highest BCUT2D eigenvalue weighted by atomic mass is 19.3. The molecule has 0 amide bonds. The number of hydrogen-bond acceptors (Lipinski definition) is 4. The molecule has 1 unspecified atom stereocenters. The number of methoxy groups -OCH3 is 1. The molecule has 0 aromatic heterocycles. The van der Waals surface area contributed by atoms with Crippen LogP contribution in [0, 0.1) is 0 Å². The number of halogens is 1. The van der Waals surface area contributed by atoms with E-state index in [2.05, 4.69) is 4.94 Å². The van der Waals surface area contributed by atoms with Gasteiger partial charge in [-0.3, -0.25) is 0 Å². The lowest BCUT2D eigenvalue weighted by molar-refractivity contribution is -0.374. The predicted molar refractivity (Wildman–Crippen MR) is 53.9 cm³/mol. The first-order valence-electron chi connectivity index (χ1n) is 5.31. The van der Waals surface area contributed by atoms with Gasteiger partial charge in [0.1, 0.15) is 0 Å². The normalized spacial score (nSPS) is 15.2. The summed E-state index contributed by atoms with van der Waals surface area (Å²) in [5, 5.41) is 0. The minimum Gasteiger partial charge on any atom is -0.331 e. The Labute approximate surface area is 90.5 Å². The Balaban J connectivity index is 4.09. The average molecular weight is 224 g/mol. The molecule has 0 saturated carbocycles. The van der Waals surface area contributed by atoms with Crippen molar-refractivity contribution in [3.05, 3.63) is 0 Å². The van der Waals surface area contributed by atoms with E-state index in [1.165, 1.54) is 7.11 Å². The van der Waals surface area contributed by atoms with Crippen molar-refractivity contribution >= 4 is 0 Å². The zero-order chi connectivity index (χ0) is 11.6. The lowest BCUT2D eigenvalue weighted by Gasteiger charge is -2.31. The van der Waals surface area contributed by atoms with Crippen LogP contribution in [-0.2, 0) is 19.2 Å². The third-order valence-electron chi connectivity index (χ3n) is 1.91. The van der Waals surface area contributed by atoms with E-state index in [1.807, 2.05) is 13.8 Å². The number of hydrogen-bond donors (Lipinski definition) is 0. The van der Waals surface area contributed by atoms with Crippen LogP contribution in [0.4, 0.5) is 4.53 Å². The van der Waals surface area contributed by atoms with Crippen molar-refractivity contribution in [1.82, 2.24) is 0 Å². The highest BCUT2D eigenvalue weighted by Crippen LogP contribution is 2.21. The fourth-order valence-electron chi connectivity index (χ4n) is 1.23. The van der Waals surface area contributed by atoms with E-state index in [4.69, 9.17) is 14.2 Å². The van der Waals surface area contributed by atoms with Crippen molar-refractivity contribution in [3.63, 3.8) is 0 Å². The standard InChI is InChI=1S/C10H21FO4/c1-4-8-14-10(12-3,13-5-2)7-6-9-15-11/h4-9H2,1-3H3. The Kier molecular flexibility index (Phi) is 8.89. The lowest BCUT2D eigenvalue weighted by atomic mass is 10.3. The summed E-state index contributed by atoms with van der Waals surface area (Å²) in [6, 6.07) is 0. The van der Waals surface area contributed by atoms with E-state index in [1.54, 1.807) is 0 Å². The van der Waals surface area contributed by atoms with Crippen LogP contribution in [0.5, 0.6) is 0 Å². The summed E-state index contributed by atoms with van der Waals surface area (Å²) in [7, 11) is 1.52. The highest BCUT2D eigenvalue weighted by molar-refractivity contribution is 4.57. The molecule has 0 aromatic carbocycles. The third kappa shape index (κ3) is 6.04. The molecule has 4 nitrogen and oxygen atoms in total. The van der Waals surface area contributed by atoms with Gasteiger partial charge in [-0.1, -0.05) is 6.92 Å². The van der Waals surface area contributed by atoms with E-state index in [9.17, 15) is 4.53 Å². The molecule has 0 aliphatic heterocycles. The maximum Gasteiger partial charge on any atom is 0.282 e. The highest BCUT2D eigenvalue weighted by Gasteiger charge is 2.31. The van der Waals surface area contributed by atoms with Crippen molar-refractivity contribution in [1.29, 1.82) is 0 Å². The molecule has 15 heavy (non-hydrogen) atoms. The Morgan fingerprint density at radius 3 is 2.33 bits per heavy atom. The minimum atomic E-state index is -1.05. The zero-order valence-electron chi connectivity index (χ0n) is 9.75. The molecule has 0 heterocycles. The SMILES string of the molecule is CCCOC(CCCOF)(OC)OCC. The van der Waals surface area contributed by atoms with Gasteiger partial charge in [-0.05, 0) is 24.3 Å². The third-order valence-corrected chi connectivity index (χ3v) is 1.91. The van der Waals surface area contributed by atoms with Crippen molar-refractivity contribution in [2.45, 2.75) is 39.1 Å². The van der Waals surface area contributed by atoms with Gasteiger partial charge in [0.05, 0.1) is 13.2 Å². The van der Waals surface area contributed by atoms with E-state index in [0.29, 0.717) is 26.1 Å². The second kappa shape index (κ2) is 9.03. The summed E-state index contributed by atoms with van der Waals surface area (Å²) >= 11 is 0. The first-order valence-corrected chi connectivity index (χ1v) is 5.31. The zero-order valence-corrected chi connectivity index (χ0v) is 9.75. The van der Waals surface area contributed by atoms with E-state index < -0.39 is 5.97 Å². The van der Waals surface area contributed by atoms with Crippen LogP contribution in [0.25, 0.3) is 0 Å². The molecule has 0 fully saturated rings. The van der Waals surface area contributed by atoms with Crippen LogP contribution in [0.15, 0.2) is 0 Å². The maximum absolute atomic E-state index is 11.5. The molecular formula is C10H21FO4. The summed E-state index contributed by atoms with van der Waals surface area (Å²) in [5.41, 5.74) is 0. The molecule has 1 atom stereocenters. The summed E-state index contributed by atoms with van der Waals surface area (Å²) in [5.74, 6) is -1.05. The molecule has 0 spiro atoms. The van der Waals surface area contributed by atoms with E-state index >= 15 is 0 Å². The van der Waals surface area contributed by atoms with Gasteiger partial charge in [-0.2, -0.15) is 4.94 Å². The second-order valence-corrected chi connectivity index (χ2v) is 3.09. The Morgan fingerprint density at radius 1 is 1.13 bits per heavy atom. The van der Waals surface area contributed by atoms with Crippen LogP contribution in [0.1, 0.15) is 33.1 Å². The second-order valence-electron chi connectivity index (χ2n) is 3.09. The average Bonchev–Trinajstić information content (AvgIpc) is 2.26. The van der Waals surface area contributed by atoms with Crippen molar-refractivity contribution < 1.29 is 23.7 Å². The molecule has 0 radical (unpaired) electrons. The molecule has 0 bridgehead atoms. The first kappa shape index (κ1) is 14.8. The Bertz CT molecular complexity index is 145. The molecule has 0 N–H and O–H groups in total. The van der Waals surface area contributed by atoms with Gasteiger partial charge in [-0.25, -0.2) is 0 Å². The van der Waals surface area contributed by atoms with Crippen molar-refractivity contribution in [2.24, 2.45) is 0 Å². The smallest absolute Gasteiger partial charge is 0.282 e. The molecule has 0 aliphatic carbocycles. The van der Waals surface area contributed by atoms with Gasteiger partial charge in [0.15, 0.2) is 0 Å². The minimum absolute atomic E-state index is 0.0215. The van der Waals surface area contributed by atoms with Gasteiger partial charge in [0.25, 0.3) is 5.97 Å². The van der Waals surface area contributed by atoms with E-state index in [-0.39, 0.29) is 6.61 Å². The first-order chi connectivity index (χ1) is 7.24. The van der Waals surface area contributed by atoms with Crippen LogP contribution < -0.4 is 0 Å². The van der Waals surface area contributed by atoms with Gasteiger partial charge in [0, 0.05) is 20.1 Å². The predicted octanol–water partition coefficient (Wildman–Crippen LogP) is 2.43. The molecule has 0 aromatic rings. The Morgan fingerprint density at radius 2 is 1.87 bits per heavy atom. The quantitative estimate of drug-likeness (QED) is 0.422. The molecule has 92 valence electrons. The van der Waals surface area contributed by atoms with Crippen molar-refractivity contribution in [2.75, 3.05) is 26.9 Å². The largest absolute Gasteiger partial charge is 0.331 e. The fourth-order valence-corrected chi connectivity index (χ4v) is 1.23. The molecule has 5 heteroatoms. The molecule has 0 rings (SSSR count). The van der Waals surface area contributed by atoms with Crippen LogP contribution >= 0.6 is 0 Å². The van der Waals surface area contributed by atoms with E-state index in [0.717, 1.165) is 6.42 Å². The monoisotopic (exact) mass is 224 g/mol. The molecular weight excluding hydrogens is 203 g/mol. The van der Waals surface area contributed by atoms with Crippen LogP contribution in [0.3, 0.4) is 0 Å². The molecule has 0 saturated heterocycles. The fraction of sp³-hybridized carbons (Fsp3) is 1.00. The van der Waals surface area contributed by atoms with Crippen LogP contribution in [0.2, 0.25) is 0 Å².